The van der Waals surface area contributed by atoms with Gasteiger partial charge in [0, 0.05) is 11.4 Å². The first kappa shape index (κ1) is 11.8. The van der Waals surface area contributed by atoms with Gasteiger partial charge >= 0.3 is 0 Å². The van der Waals surface area contributed by atoms with Crippen molar-refractivity contribution in [1.29, 1.82) is 0 Å². The molecule has 15 heavy (non-hydrogen) atoms. The van der Waals surface area contributed by atoms with E-state index in [0.717, 1.165) is 17.5 Å². The quantitative estimate of drug-likeness (QED) is 0.810. The summed E-state index contributed by atoms with van der Waals surface area (Å²) in [4.78, 5) is 11.9. The number of thioether (sulfide) groups is 1. The van der Waals surface area contributed by atoms with Crippen molar-refractivity contribution >= 4 is 33.6 Å². The van der Waals surface area contributed by atoms with Crippen LogP contribution in [-0.2, 0) is 4.79 Å². The third-order valence-electron chi connectivity index (χ3n) is 3.41. The Morgan fingerprint density at radius 3 is 2.87 bits per heavy atom. The maximum Gasteiger partial charge on any atom is 0.233 e. The SMILES string of the molecule is O=C(NC1CCCC1CBr)C1CCCS1. The fourth-order valence-corrected chi connectivity index (χ4v) is 4.42. The molecule has 3 unspecified atom stereocenters. The van der Waals surface area contributed by atoms with Gasteiger partial charge in [0.15, 0.2) is 0 Å². The van der Waals surface area contributed by atoms with Crippen molar-refractivity contribution in [2.75, 3.05) is 11.1 Å². The molecule has 2 nitrogen and oxygen atoms in total. The number of rotatable bonds is 3. The number of halogens is 1. The minimum absolute atomic E-state index is 0.238. The molecule has 4 heteroatoms. The molecular formula is C11H18BrNOS. The third-order valence-corrected chi connectivity index (χ3v) is 5.62. The molecule has 0 radical (unpaired) electrons. The molecule has 0 bridgehead atoms. The summed E-state index contributed by atoms with van der Waals surface area (Å²) in [5.74, 6) is 2.10. The van der Waals surface area contributed by atoms with Crippen LogP contribution in [0.5, 0.6) is 0 Å². The fraction of sp³-hybridized carbons (Fsp3) is 0.909. The topological polar surface area (TPSA) is 29.1 Å². The summed E-state index contributed by atoms with van der Waals surface area (Å²) in [6.45, 7) is 0. The number of hydrogen-bond donors (Lipinski definition) is 1. The minimum atomic E-state index is 0.238. The van der Waals surface area contributed by atoms with Crippen LogP contribution >= 0.6 is 27.7 Å². The molecule has 1 saturated heterocycles. The fourth-order valence-electron chi connectivity index (χ4n) is 2.47. The number of carbonyl (C=O) groups excluding carboxylic acids is 1. The predicted octanol–water partition coefficient (Wildman–Crippen LogP) is 2.56. The summed E-state index contributed by atoms with van der Waals surface area (Å²) in [5.41, 5.74) is 0. The molecule has 1 saturated carbocycles. The Bertz CT molecular complexity index is 231. The minimum Gasteiger partial charge on any atom is -0.352 e. The number of nitrogens with one attached hydrogen (secondary N) is 1. The van der Waals surface area contributed by atoms with E-state index < -0.39 is 0 Å². The van der Waals surface area contributed by atoms with Gasteiger partial charge in [0.25, 0.3) is 0 Å². The summed E-state index contributed by atoms with van der Waals surface area (Å²) < 4.78 is 0. The zero-order chi connectivity index (χ0) is 10.7. The Kier molecular flexibility index (Phi) is 4.38. The van der Waals surface area contributed by atoms with Crippen LogP contribution in [-0.4, -0.2) is 28.3 Å². The molecule has 0 aromatic carbocycles. The van der Waals surface area contributed by atoms with E-state index in [0.29, 0.717) is 12.0 Å². The van der Waals surface area contributed by atoms with Crippen molar-refractivity contribution in [1.82, 2.24) is 5.32 Å². The first-order valence-electron chi connectivity index (χ1n) is 5.79. The average Bonchev–Trinajstić information content (AvgIpc) is 2.87. The van der Waals surface area contributed by atoms with Gasteiger partial charge in [-0.05, 0) is 37.4 Å². The molecule has 2 rings (SSSR count). The molecule has 2 aliphatic rings. The molecule has 1 N–H and O–H groups in total. The zero-order valence-corrected chi connectivity index (χ0v) is 11.3. The normalized spacial score (nSPS) is 35.7. The van der Waals surface area contributed by atoms with Gasteiger partial charge in [-0.25, -0.2) is 0 Å². The van der Waals surface area contributed by atoms with E-state index in [1.165, 1.54) is 25.7 Å². The van der Waals surface area contributed by atoms with E-state index in [9.17, 15) is 4.79 Å². The second kappa shape index (κ2) is 5.58. The molecule has 0 aromatic rings. The summed E-state index contributed by atoms with van der Waals surface area (Å²) >= 11 is 5.35. The highest BCUT2D eigenvalue weighted by atomic mass is 79.9. The van der Waals surface area contributed by atoms with Crippen LogP contribution < -0.4 is 5.32 Å². The van der Waals surface area contributed by atoms with E-state index in [2.05, 4.69) is 21.2 Å². The lowest BCUT2D eigenvalue weighted by Gasteiger charge is -2.20. The van der Waals surface area contributed by atoms with Crippen LogP contribution in [0.2, 0.25) is 0 Å². The summed E-state index contributed by atoms with van der Waals surface area (Å²) in [7, 11) is 0. The van der Waals surface area contributed by atoms with E-state index in [1.54, 1.807) is 0 Å². The average molecular weight is 292 g/mol. The van der Waals surface area contributed by atoms with Crippen molar-refractivity contribution in [3.63, 3.8) is 0 Å². The number of alkyl halides is 1. The van der Waals surface area contributed by atoms with E-state index in [1.807, 2.05) is 11.8 Å². The smallest absolute Gasteiger partial charge is 0.233 e. The van der Waals surface area contributed by atoms with Gasteiger partial charge in [-0.3, -0.25) is 4.79 Å². The van der Waals surface area contributed by atoms with Crippen molar-refractivity contribution in [2.45, 2.75) is 43.4 Å². The van der Waals surface area contributed by atoms with Crippen LogP contribution in [0, 0.1) is 5.92 Å². The van der Waals surface area contributed by atoms with Crippen molar-refractivity contribution in [3.8, 4) is 0 Å². The molecular weight excluding hydrogens is 274 g/mol. The number of hydrogen-bond acceptors (Lipinski definition) is 2. The second-order valence-electron chi connectivity index (χ2n) is 4.46. The highest BCUT2D eigenvalue weighted by Gasteiger charge is 2.31. The van der Waals surface area contributed by atoms with E-state index in [-0.39, 0.29) is 11.2 Å². The van der Waals surface area contributed by atoms with Crippen LogP contribution in [0.15, 0.2) is 0 Å². The van der Waals surface area contributed by atoms with Gasteiger partial charge in [0.2, 0.25) is 5.91 Å². The zero-order valence-electron chi connectivity index (χ0n) is 8.88. The van der Waals surface area contributed by atoms with Crippen molar-refractivity contribution in [2.24, 2.45) is 5.92 Å². The monoisotopic (exact) mass is 291 g/mol. The molecule has 0 aromatic heterocycles. The van der Waals surface area contributed by atoms with Gasteiger partial charge < -0.3 is 5.32 Å². The molecule has 1 amide bonds. The molecule has 3 atom stereocenters. The Balaban J connectivity index is 1.82. The van der Waals surface area contributed by atoms with Crippen LogP contribution in [0.1, 0.15) is 32.1 Å². The first-order valence-corrected chi connectivity index (χ1v) is 7.96. The van der Waals surface area contributed by atoms with Gasteiger partial charge in [-0.1, -0.05) is 22.4 Å². The Morgan fingerprint density at radius 2 is 2.20 bits per heavy atom. The second-order valence-corrected chi connectivity index (χ2v) is 6.42. The van der Waals surface area contributed by atoms with Crippen molar-refractivity contribution < 1.29 is 4.79 Å². The Hall–Kier alpha value is 0.300. The molecule has 1 heterocycles. The Labute approximate surface area is 104 Å². The third kappa shape index (κ3) is 2.90. The van der Waals surface area contributed by atoms with Crippen molar-refractivity contribution in [3.05, 3.63) is 0 Å². The summed E-state index contributed by atoms with van der Waals surface area (Å²) in [6.07, 6.45) is 5.96. The van der Waals surface area contributed by atoms with Crippen LogP contribution in [0.4, 0.5) is 0 Å². The molecule has 0 spiro atoms. The highest BCUT2D eigenvalue weighted by Crippen LogP contribution is 2.30. The van der Waals surface area contributed by atoms with E-state index >= 15 is 0 Å². The van der Waals surface area contributed by atoms with Gasteiger partial charge in [0.1, 0.15) is 0 Å². The van der Waals surface area contributed by atoms with Crippen LogP contribution in [0.25, 0.3) is 0 Å². The lowest BCUT2D eigenvalue weighted by Crippen LogP contribution is -2.41. The summed E-state index contributed by atoms with van der Waals surface area (Å²) in [6, 6.07) is 0.429. The molecule has 2 fully saturated rings. The lowest BCUT2D eigenvalue weighted by atomic mass is 10.1. The standard InChI is InChI=1S/C11H18BrNOS/c12-7-8-3-1-4-9(8)13-11(14)10-5-2-6-15-10/h8-10H,1-7H2,(H,13,14). The predicted molar refractivity (Wildman–Crippen MR) is 68.5 cm³/mol. The van der Waals surface area contributed by atoms with Gasteiger partial charge in [0.05, 0.1) is 5.25 Å². The summed E-state index contributed by atoms with van der Waals surface area (Å²) in [5, 5.41) is 4.49. The number of amides is 1. The lowest BCUT2D eigenvalue weighted by molar-refractivity contribution is -0.121. The van der Waals surface area contributed by atoms with Crippen LogP contribution in [0.3, 0.4) is 0 Å². The Morgan fingerprint density at radius 1 is 1.33 bits per heavy atom. The number of carbonyl (C=O) groups is 1. The molecule has 1 aliphatic heterocycles. The maximum absolute atomic E-state index is 11.9. The highest BCUT2D eigenvalue weighted by molar-refractivity contribution is 9.09. The van der Waals surface area contributed by atoms with Gasteiger partial charge in [-0.2, -0.15) is 0 Å². The largest absolute Gasteiger partial charge is 0.352 e. The first-order chi connectivity index (χ1) is 7.31. The van der Waals surface area contributed by atoms with E-state index in [4.69, 9.17) is 0 Å². The maximum atomic E-state index is 11.9. The molecule has 86 valence electrons. The van der Waals surface area contributed by atoms with Gasteiger partial charge in [-0.15, -0.1) is 11.8 Å². The molecule has 1 aliphatic carbocycles.